The van der Waals surface area contributed by atoms with Gasteiger partial charge in [0.25, 0.3) is 0 Å². The largest absolute Gasteiger partial charge is 0.289 e. The normalized spacial score (nSPS) is 22.9. The highest BCUT2D eigenvalue weighted by molar-refractivity contribution is 6.33. The molecule has 2 rings (SSSR count). The summed E-state index contributed by atoms with van der Waals surface area (Å²) in [6.45, 7) is 10.7. The molecule has 1 aliphatic rings. The zero-order chi connectivity index (χ0) is 13.4. The molecule has 0 aromatic heterocycles. The highest BCUT2D eigenvalue weighted by atomic mass is 15.3. The van der Waals surface area contributed by atoms with Crippen molar-refractivity contribution in [2.24, 2.45) is 0 Å². The van der Waals surface area contributed by atoms with Gasteiger partial charge in [0.05, 0.1) is 0 Å². The molecule has 0 amide bonds. The van der Waals surface area contributed by atoms with E-state index in [0.29, 0.717) is 11.1 Å². The van der Waals surface area contributed by atoms with Crippen molar-refractivity contribution in [1.82, 2.24) is 4.90 Å². The third-order valence-corrected chi connectivity index (χ3v) is 4.63. The maximum absolute atomic E-state index is 2.70. The summed E-state index contributed by atoms with van der Waals surface area (Å²) in [5.41, 5.74) is 3.50. The minimum Gasteiger partial charge on any atom is -0.289 e. The highest BCUT2D eigenvalue weighted by Crippen LogP contribution is 2.38. The lowest BCUT2D eigenvalue weighted by molar-refractivity contribution is -0.0338. The zero-order valence-electron chi connectivity index (χ0n) is 12.6. The standard InChI is InChI=1S/C16H26BN/c1-15(2)10-7-11-16(3,4)18(15)12-13-8-5-6-9-14(13)17/h5-6,8-9H,7,10-12,17H2,1-4H3. The minimum atomic E-state index is 0.310. The van der Waals surface area contributed by atoms with E-state index in [2.05, 4.69) is 64.7 Å². The summed E-state index contributed by atoms with van der Waals surface area (Å²) in [5.74, 6) is 0. The molecular formula is C16H26BN. The number of piperidine rings is 1. The van der Waals surface area contributed by atoms with Gasteiger partial charge in [0, 0.05) is 17.6 Å². The van der Waals surface area contributed by atoms with E-state index < -0.39 is 0 Å². The van der Waals surface area contributed by atoms with E-state index in [1.807, 2.05) is 0 Å². The van der Waals surface area contributed by atoms with Crippen molar-refractivity contribution in [2.75, 3.05) is 0 Å². The molecule has 0 spiro atoms. The molecule has 0 N–H and O–H groups in total. The van der Waals surface area contributed by atoms with Crippen molar-refractivity contribution < 1.29 is 0 Å². The van der Waals surface area contributed by atoms with Gasteiger partial charge in [-0.05, 0) is 52.5 Å². The topological polar surface area (TPSA) is 3.24 Å². The van der Waals surface area contributed by atoms with Crippen LogP contribution in [0.5, 0.6) is 0 Å². The maximum atomic E-state index is 2.70. The van der Waals surface area contributed by atoms with Crippen molar-refractivity contribution >= 4 is 13.3 Å². The van der Waals surface area contributed by atoms with E-state index in [9.17, 15) is 0 Å². The van der Waals surface area contributed by atoms with Crippen LogP contribution in [0.1, 0.15) is 52.5 Å². The number of likely N-dealkylation sites (tertiary alicyclic amines) is 1. The molecule has 0 saturated carbocycles. The third-order valence-electron chi connectivity index (χ3n) is 4.63. The Morgan fingerprint density at radius 2 is 1.61 bits per heavy atom. The monoisotopic (exact) mass is 243 g/mol. The first-order valence-corrected chi connectivity index (χ1v) is 7.15. The van der Waals surface area contributed by atoms with Crippen molar-refractivity contribution in [3.8, 4) is 0 Å². The first kappa shape index (κ1) is 13.7. The number of benzene rings is 1. The minimum absolute atomic E-state index is 0.310. The molecular weight excluding hydrogens is 217 g/mol. The van der Waals surface area contributed by atoms with Crippen LogP contribution in [0.15, 0.2) is 24.3 Å². The first-order valence-electron chi connectivity index (χ1n) is 7.15. The van der Waals surface area contributed by atoms with Crippen LogP contribution in [0.25, 0.3) is 0 Å². The van der Waals surface area contributed by atoms with E-state index in [-0.39, 0.29) is 0 Å². The molecule has 1 aromatic carbocycles. The Labute approximate surface area is 113 Å². The van der Waals surface area contributed by atoms with Crippen LogP contribution in [0, 0.1) is 0 Å². The average molecular weight is 243 g/mol. The summed E-state index contributed by atoms with van der Waals surface area (Å²) in [6.07, 6.45) is 3.97. The van der Waals surface area contributed by atoms with Gasteiger partial charge in [-0.15, -0.1) is 0 Å². The molecule has 0 unspecified atom stereocenters. The van der Waals surface area contributed by atoms with Crippen LogP contribution < -0.4 is 5.46 Å². The molecule has 1 saturated heterocycles. The molecule has 0 radical (unpaired) electrons. The van der Waals surface area contributed by atoms with Crippen LogP contribution in [0.4, 0.5) is 0 Å². The molecule has 1 heterocycles. The Balaban J connectivity index is 2.27. The quantitative estimate of drug-likeness (QED) is 0.721. The van der Waals surface area contributed by atoms with Crippen LogP contribution in [0.3, 0.4) is 0 Å². The predicted octanol–water partition coefficient (Wildman–Crippen LogP) is 2.49. The van der Waals surface area contributed by atoms with Crippen LogP contribution in [0.2, 0.25) is 0 Å². The fraction of sp³-hybridized carbons (Fsp3) is 0.625. The Hall–Kier alpha value is -0.755. The molecule has 98 valence electrons. The van der Waals surface area contributed by atoms with E-state index in [1.165, 1.54) is 30.3 Å². The number of nitrogens with zero attached hydrogens (tertiary/aromatic N) is 1. The van der Waals surface area contributed by atoms with E-state index in [1.54, 1.807) is 0 Å². The molecule has 1 fully saturated rings. The van der Waals surface area contributed by atoms with Gasteiger partial charge >= 0.3 is 0 Å². The van der Waals surface area contributed by atoms with Crippen LogP contribution >= 0.6 is 0 Å². The Morgan fingerprint density at radius 3 is 2.17 bits per heavy atom. The fourth-order valence-corrected chi connectivity index (χ4v) is 3.43. The summed E-state index contributed by atoms with van der Waals surface area (Å²) in [5, 5.41) is 0. The third kappa shape index (κ3) is 2.64. The highest BCUT2D eigenvalue weighted by Gasteiger charge is 2.40. The number of rotatable bonds is 2. The summed E-state index contributed by atoms with van der Waals surface area (Å²) in [6, 6.07) is 8.78. The first-order chi connectivity index (χ1) is 8.33. The maximum Gasteiger partial charge on any atom is 0.139 e. The van der Waals surface area contributed by atoms with Gasteiger partial charge < -0.3 is 0 Å². The Kier molecular flexibility index (Phi) is 3.59. The lowest BCUT2D eigenvalue weighted by Gasteiger charge is -2.53. The van der Waals surface area contributed by atoms with Crippen molar-refractivity contribution in [3.05, 3.63) is 29.8 Å². The van der Waals surface area contributed by atoms with Crippen molar-refractivity contribution in [2.45, 2.75) is 64.6 Å². The summed E-state index contributed by atoms with van der Waals surface area (Å²) < 4.78 is 0. The van der Waals surface area contributed by atoms with E-state index >= 15 is 0 Å². The predicted molar refractivity (Wildman–Crippen MR) is 82.2 cm³/mol. The molecule has 0 atom stereocenters. The summed E-state index contributed by atoms with van der Waals surface area (Å²) in [4.78, 5) is 2.70. The van der Waals surface area contributed by atoms with Gasteiger partial charge in [-0.3, -0.25) is 4.90 Å². The van der Waals surface area contributed by atoms with Crippen molar-refractivity contribution in [1.29, 1.82) is 0 Å². The average Bonchev–Trinajstić information content (AvgIpc) is 2.25. The molecule has 1 nitrogen and oxygen atoms in total. The van der Waals surface area contributed by atoms with Gasteiger partial charge in [-0.2, -0.15) is 0 Å². The van der Waals surface area contributed by atoms with Gasteiger partial charge in [0.15, 0.2) is 0 Å². The van der Waals surface area contributed by atoms with Gasteiger partial charge in [0.2, 0.25) is 0 Å². The second kappa shape index (κ2) is 4.73. The number of hydrogen-bond donors (Lipinski definition) is 0. The number of hydrogen-bond acceptors (Lipinski definition) is 1. The summed E-state index contributed by atoms with van der Waals surface area (Å²) in [7, 11) is 2.22. The van der Waals surface area contributed by atoms with Crippen molar-refractivity contribution in [3.63, 3.8) is 0 Å². The van der Waals surface area contributed by atoms with Gasteiger partial charge in [-0.1, -0.05) is 29.7 Å². The smallest absolute Gasteiger partial charge is 0.139 e. The second-order valence-electron chi connectivity index (χ2n) is 6.99. The molecule has 1 aliphatic heterocycles. The fourth-order valence-electron chi connectivity index (χ4n) is 3.43. The van der Waals surface area contributed by atoms with Crippen LogP contribution in [-0.4, -0.2) is 23.8 Å². The summed E-state index contributed by atoms with van der Waals surface area (Å²) >= 11 is 0. The zero-order valence-corrected chi connectivity index (χ0v) is 12.6. The van der Waals surface area contributed by atoms with Gasteiger partial charge in [0.1, 0.15) is 7.85 Å². The lowest BCUT2D eigenvalue weighted by atomic mass is 9.78. The molecule has 2 heteroatoms. The van der Waals surface area contributed by atoms with Gasteiger partial charge in [-0.25, -0.2) is 0 Å². The Bertz CT molecular complexity index is 407. The van der Waals surface area contributed by atoms with Crippen LogP contribution in [-0.2, 0) is 6.54 Å². The molecule has 0 bridgehead atoms. The molecule has 1 aromatic rings. The molecule has 18 heavy (non-hydrogen) atoms. The SMILES string of the molecule is Bc1ccccc1CN1C(C)(C)CCCC1(C)C. The second-order valence-corrected chi connectivity index (χ2v) is 6.99. The lowest BCUT2D eigenvalue weighted by Crippen LogP contribution is -2.58. The Morgan fingerprint density at radius 1 is 1.06 bits per heavy atom. The van der Waals surface area contributed by atoms with E-state index in [4.69, 9.17) is 0 Å². The van der Waals surface area contributed by atoms with E-state index in [0.717, 1.165) is 6.54 Å². The molecule has 0 aliphatic carbocycles.